The van der Waals surface area contributed by atoms with Crippen LogP contribution in [0, 0.1) is 5.41 Å². The van der Waals surface area contributed by atoms with Crippen LogP contribution in [0.25, 0.3) is 0 Å². The van der Waals surface area contributed by atoms with Crippen molar-refractivity contribution in [1.82, 2.24) is 4.98 Å². The van der Waals surface area contributed by atoms with Crippen LogP contribution in [0.3, 0.4) is 0 Å². The number of alkyl halides is 3. The highest BCUT2D eigenvalue weighted by Crippen LogP contribution is 2.32. The SMILES string of the molecule is CC(C)(C)Cc1ncc(C(F)(F)F)cc1Cl. The summed E-state index contributed by atoms with van der Waals surface area (Å²) in [4.78, 5) is 3.78. The molecule has 0 aliphatic carbocycles. The maximum absolute atomic E-state index is 12.3. The predicted octanol–water partition coefficient (Wildman–Crippen LogP) is 4.34. The average Bonchev–Trinajstić information content (AvgIpc) is 2.04. The zero-order valence-electron chi connectivity index (χ0n) is 9.32. The maximum atomic E-state index is 12.3. The van der Waals surface area contributed by atoms with Crippen molar-refractivity contribution in [3.63, 3.8) is 0 Å². The smallest absolute Gasteiger partial charge is 0.259 e. The second-order valence-corrected chi connectivity index (χ2v) is 5.29. The number of hydrogen-bond acceptors (Lipinski definition) is 1. The fraction of sp³-hybridized carbons (Fsp3) is 0.545. The van der Waals surface area contributed by atoms with E-state index in [1.165, 1.54) is 0 Å². The molecule has 5 heteroatoms. The van der Waals surface area contributed by atoms with E-state index in [2.05, 4.69) is 4.98 Å². The summed E-state index contributed by atoms with van der Waals surface area (Å²) in [5.41, 5.74) is -0.367. The van der Waals surface area contributed by atoms with Crippen molar-refractivity contribution >= 4 is 11.6 Å². The topological polar surface area (TPSA) is 12.9 Å². The van der Waals surface area contributed by atoms with Gasteiger partial charge in [0, 0.05) is 6.20 Å². The third-order valence-electron chi connectivity index (χ3n) is 1.94. The van der Waals surface area contributed by atoms with Gasteiger partial charge in [0.15, 0.2) is 0 Å². The van der Waals surface area contributed by atoms with Crippen LogP contribution in [0.1, 0.15) is 32.0 Å². The quantitative estimate of drug-likeness (QED) is 0.723. The zero-order valence-corrected chi connectivity index (χ0v) is 10.1. The third-order valence-corrected chi connectivity index (χ3v) is 2.27. The minimum absolute atomic E-state index is 0.0591. The monoisotopic (exact) mass is 251 g/mol. The predicted molar refractivity (Wildman–Crippen MR) is 57.4 cm³/mol. The molecule has 0 aromatic carbocycles. The van der Waals surface area contributed by atoms with Gasteiger partial charge in [-0.3, -0.25) is 4.98 Å². The van der Waals surface area contributed by atoms with Crippen molar-refractivity contribution < 1.29 is 13.2 Å². The average molecular weight is 252 g/mol. The molecule has 0 amide bonds. The molecule has 0 aliphatic rings. The Balaban J connectivity index is 3.01. The summed E-state index contributed by atoms with van der Waals surface area (Å²) < 4.78 is 37.0. The maximum Gasteiger partial charge on any atom is 0.417 e. The first kappa shape index (κ1) is 13.3. The van der Waals surface area contributed by atoms with E-state index < -0.39 is 11.7 Å². The lowest BCUT2D eigenvalue weighted by molar-refractivity contribution is -0.137. The molecule has 0 spiro atoms. The first-order valence-electron chi connectivity index (χ1n) is 4.81. The van der Waals surface area contributed by atoms with Crippen LogP contribution < -0.4 is 0 Å². The molecule has 0 saturated carbocycles. The van der Waals surface area contributed by atoms with Crippen molar-refractivity contribution in [2.45, 2.75) is 33.4 Å². The van der Waals surface area contributed by atoms with Gasteiger partial charge in [-0.2, -0.15) is 13.2 Å². The molecule has 0 bridgehead atoms. The molecular weight excluding hydrogens is 239 g/mol. The van der Waals surface area contributed by atoms with E-state index >= 15 is 0 Å². The first-order chi connectivity index (χ1) is 7.09. The fourth-order valence-corrected chi connectivity index (χ4v) is 1.49. The lowest BCUT2D eigenvalue weighted by Gasteiger charge is -2.18. The summed E-state index contributed by atoms with van der Waals surface area (Å²) in [6.07, 6.45) is -3.02. The standard InChI is InChI=1S/C11H13ClF3N/c1-10(2,3)5-9-8(12)4-7(6-16-9)11(13,14)15/h4,6H,5H2,1-3H3. The molecule has 1 heterocycles. The minimum Gasteiger partial charge on any atom is -0.259 e. The van der Waals surface area contributed by atoms with Gasteiger partial charge in [0.1, 0.15) is 0 Å². The Kier molecular flexibility index (Phi) is 3.53. The summed E-state index contributed by atoms with van der Waals surface area (Å²) in [6.45, 7) is 5.92. The molecule has 0 saturated heterocycles. The van der Waals surface area contributed by atoms with Gasteiger partial charge < -0.3 is 0 Å². The molecule has 1 nitrogen and oxygen atoms in total. The normalized spacial score (nSPS) is 12.9. The van der Waals surface area contributed by atoms with Crippen LogP contribution in [0.2, 0.25) is 5.02 Å². The Morgan fingerprint density at radius 3 is 2.19 bits per heavy atom. The minimum atomic E-state index is -4.39. The molecule has 1 aromatic heterocycles. The number of pyridine rings is 1. The largest absolute Gasteiger partial charge is 0.417 e. The van der Waals surface area contributed by atoms with E-state index in [0.717, 1.165) is 12.3 Å². The molecule has 0 unspecified atom stereocenters. The Morgan fingerprint density at radius 2 is 1.81 bits per heavy atom. The fourth-order valence-electron chi connectivity index (χ4n) is 1.25. The Bertz CT molecular complexity index is 380. The first-order valence-corrected chi connectivity index (χ1v) is 5.19. The number of halogens is 4. The van der Waals surface area contributed by atoms with E-state index in [-0.39, 0.29) is 10.4 Å². The third kappa shape index (κ3) is 3.67. The van der Waals surface area contributed by atoms with Gasteiger partial charge in [0.05, 0.1) is 16.3 Å². The lowest BCUT2D eigenvalue weighted by atomic mass is 9.90. The van der Waals surface area contributed by atoms with Gasteiger partial charge in [0.2, 0.25) is 0 Å². The van der Waals surface area contributed by atoms with Crippen molar-refractivity contribution in [3.05, 3.63) is 28.5 Å². The van der Waals surface area contributed by atoms with Crippen molar-refractivity contribution in [1.29, 1.82) is 0 Å². The number of rotatable bonds is 1. The van der Waals surface area contributed by atoms with Crippen molar-refractivity contribution in [2.24, 2.45) is 5.41 Å². The summed E-state index contributed by atoms with van der Waals surface area (Å²) >= 11 is 5.78. The second kappa shape index (κ2) is 4.24. The lowest BCUT2D eigenvalue weighted by Crippen LogP contribution is -2.12. The Labute approximate surface area is 97.6 Å². The summed E-state index contributed by atoms with van der Waals surface area (Å²) in [5.74, 6) is 0. The van der Waals surface area contributed by atoms with Crippen LogP contribution in [0.4, 0.5) is 13.2 Å². The molecule has 0 N–H and O–H groups in total. The molecule has 1 aromatic rings. The summed E-state index contributed by atoms with van der Waals surface area (Å²) in [7, 11) is 0. The van der Waals surface area contributed by atoms with E-state index in [9.17, 15) is 13.2 Å². The Hall–Kier alpha value is -0.770. The zero-order chi connectivity index (χ0) is 12.6. The van der Waals surface area contributed by atoms with E-state index in [1.807, 2.05) is 20.8 Å². The van der Waals surface area contributed by atoms with Gasteiger partial charge in [-0.1, -0.05) is 32.4 Å². The van der Waals surface area contributed by atoms with Crippen molar-refractivity contribution in [2.75, 3.05) is 0 Å². The number of hydrogen-bond donors (Lipinski definition) is 0. The van der Waals surface area contributed by atoms with E-state index in [4.69, 9.17) is 11.6 Å². The van der Waals surface area contributed by atoms with Crippen LogP contribution in [0.15, 0.2) is 12.3 Å². The molecule has 90 valence electrons. The van der Waals surface area contributed by atoms with Gasteiger partial charge in [-0.15, -0.1) is 0 Å². The highest BCUT2D eigenvalue weighted by Gasteiger charge is 2.31. The highest BCUT2D eigenvalue weighted by molar-refractivity contribution is 6.31. The molecule has 0 radical (unpaired) electrons. The van der Waals surface area contributed by atoms with Crippen LogP contribution in [-0.2, 0) is 12.6 Å². The van der Waals surface area contributed by atoms with E-state index in [0.29, 0.717) is 12.1 Å². The van der Waals surface area contributed by atoms with Gasteiger partial charge >= 0.3 is 6.18 Å². The Morgan fingerprint density at radius 1 is 1.25 bits per heavy atom. The summed E-state index contributed by atoms with van der Waals surface area (Å²) in [5, 5.41) is 0.0738. The van der Waals surface area contributed by atoms with Gasteiger partial charge in [-0.05, 0) is 17.9 Å². The highest BCUT2D eigenvalue weighted by atomic mass is 35.5. The summed E-state index contributed by atoms with van der Waals surface area (Å²) in [6, 6.07) is 0.926. The molecule has 1 rings (SSSR count). The van der Waals surface area contributed by atoms with Crippen LogP contribution in [0.5, 0.6) is 0 Å². The van der Waals surface area contributed by atoms with Gasteiger partial charge in [-0.25, -0.2) is 0 Å². The second-order valence-electron chi connectivity index (χ2n) is 4.89. The molecular formula is C11H13ClF3N. The van der Waals surface area contributed by atoms with E-state index in [1.54, 1.807) is 0 Å². The van der Waals surface area contributed by atoms with Gasteiger partial charge in [0.25, 0.3) is 0 Å². The molecule has 0 fully saturated rings. The van der Waals surface area contributed by atoms with Crippen molar-refractivity contribution in [3.8, 4) is 0 Å². The molecule has 0 atom stereocenters. The molecule has 16 heavy (non-hydrogen) atoms. The molecule has 0 aliphatic heterocycles. The number of aromatic nitrogens is 1. The van der Waals surface area contributed by atoms with Crippen LogP contribution in [-0.4, -0.2) is 4.98 Å². The number of nitrogens with zero attached hydrogens (tertiary/aromatic N) is 1. The van der Waals surface area contributed by atoms with Crippen LogP contribution >= 0.6 is 11.6 Å².